The zero-order chi connectivity index (χ0) is 28.6. The molecule has 0 spiro atoms. The number of rotatable bonds is 11. The molecule has 0 radical (unpaired) electrons. The van der Waals surface area contributed by atoms with Crippen molar-refractivity contribution in [2.45, 2.75) is 64.3 Å². The van der Waals surface area contributed by atoms with E-state index in [0.717, 1.165) is 12.1 Å². The van der Waals surface area contributed by atoms with Crippen LogP contribution in [0.5, 0.6) is 0 Å². The molecule has 2 aromatic rings. The molecule has 0 aliphatic carbocycles. The number of amides is 4. The Bertz CT molecular complexity index is 1250. The average Bonchev–Trinajstić information content (AvgIpc) is 2.81. The summed E-state index contributed by atoms with van der Waals surface area (Å²) in [6.07, 6.45) is -3.58. The largest absolute Gasteiger partial charge is 0.423 e. The fourth-order valence-electron chi connectivity index (χ4n) is 3.54. The lowest BCUT2D eigenvalue weighted by Gasteiger charge is -2.22. The number of nitrogens with two attached hydrogens (primary N) is 1. The first-order chi connectivity index (χ1) is 17.7. The minimum Gasteiger partial charge on any atom is -0.423 e. The van der Waals surface area contributed by atoms with Crippen molar-refractivity contribution in [3.63, 3.8) is 0 Å². The molecular weight excluding hydrogens is 511 g/mol. The third-order valence-corrected chi connectivity index (χ3v) is 5.46. The molecule has 0 saturated heterocycles. The number of fused-ring (bicyclic) bond motifs is 1. The van der Waals surface area contributed by atoms with Crippen molar-refractivity contribution < 1.29 is 36.8 Å². The van der Waals surface area contributed by atoms with Gasteiger partial charge in [-0.3, -0.25) is 19.2 Å². The summed E-state index contributed by atoms with van der Waals surface area (Å²) in [5, 5.41) is 9.50. The Morgan fingerprint density at radius 1 is 0.947 bits per heavy atom. The first-order valence-corrected chi connectivity index (χ1v) is 11.8. The number of hydrogen-bond donors (Lipinski definition) is 5. The van der Waals surface area contributed by atoms with Crippen molar-refractivity contribution in [3.8, 4) is 0 Å². The number of benzene rings is 1. The van der Waals surface area contributed by atoms with E-state index in [4.69, 9.17) is 10.2 Å². The van der Waals surface area contributed by atoms with Crippen LogP contribution >= 0.6 is 0 Å². The zero-order valence-corrected chi connectivity index (χ0v) is 21.0. The van der Waals surface area contributed by atoms with E-state index < -0.39 is 59.1 Å². The van der Waals surface area contributed by atoms with E-state index in [9.17, 15) is 37.1 Å². The summed E-state index contributed by atoms with van der Waals surface area (Å²) in [7, 11) is 0. The molecule has 4 amide bonds. The first-order valence-electron chi connectivity index (χ1n) is 11.8. The van der Waals surface area contributed by atoms with E-state index in [2.05, 4.69) is 21.3 Å². The van der Waals surface area contributed by atoms with Gasteiger partial charge in [-0.25, -0.2) is 4.79 Å². The highest BCUT2D eigenvalue weighted by Gasteiger charge is 2.34. The maximum Gasteiger partial charge on any atom is 0.417 e. The van der Waals surface area contributed by atoms with E-state index in [-0.39, 0.29) is 23.1 Å². The van der Waals surface area contributed by atoms with E-state index in [1.54, 1.807) is 0 Å². The van der Waals surface area contributed by atoms with Crippen LogP contribution in [0.4, 0.5) is 18.9 Å². The van der Waals surface area contributed by atoms with Crippen LogP contribution in [0.2, 0.25) is 0 Å². The molecule has 0 fully saturated rings. The highest BCUT2D eigenvalue weighted by molar-refractivity contribution is 5.99. The molecular formula is C24H30F3N5O6. The third-order valence-electron chi connectivity index (χ3n) is 5.46. The van der Waals surface area contributed by atoms with Crippen molar-refractivity contribution in [1.29, 1.82) is 0 Å². The minimum atomic E-state index is -4.79. The predicted octanol–water partition coefficient (Wildman–Crippen LogP) is 1.39. The fraction of sp³-hybridized carbons (Fsp3) is 0.458. The summed E-state index contributed by atoms with van der Waals surface area (Å²) in [6, 6.07) is 0.671. The van der Waals surface area contributed by atoms with Gasteiger partial charge in [-0.15, -0.1) is 0 Å². The molecule has 6 N–H and O–H groups in total. The number of carbonyl (C=O) groups excluding carboxylic acids is 4. The monoisotopic (exact) mass is 541 g/mol. The second-order valence-corrected chi connectivity index (χ2v) is 8.68. The SMILES string of the molecule is CC(=O)NC(C)C(=O)NC(C)C(=O)NC(CCCCN)C(=O)Nc1ccc2c(C(F)(F)F)cc(=O)oc2c1. The molecule has 2 rings (SSSR count). The van der Waals surface area contributed by atoms with E-state index in [0.29, 0.717) is 25.5 Å². The molecule has 14 heteroatoms. The average molecular weight is 542 g/mol. The van der Waals surface area contributed by atoms with Crippen molar-refractivity contribution in [1.82, 2.24) is 16.0 Å². The maximum absolute atomic E-state index is 13.3. The minimum absolute atomic E-state index is 0.0357. The molecule has 3 atom stereocenters. The van der Waals surface area contributed by atoms with Crippen molar-refractivity contribution in [2.75, 3.05) is 11.9 Å². The van der Waals surface area contributed by atoms with Crippen LogP contribution in [-0.2, 0) is 25.4 Å². The highest BCUT2D eigenvalue weighted by Crippen LogP contribution is 2.34. The van der Waals surface area contributed by atoms with Gasteiger partial charge in [0.2, 0.25) is 23.6 Å². The Kier molecular flexibility index (Phi) is 10.4. The Morgan fingerprint density at radius 2 is 1.58 bits per heavy atom. The number of unbranched alkanes of at least 4 members (excludes halogenated alkanes) is 1. The number of alkyl halides is 3. The molecule has 0 bridgehead atoms. The summed E-state index contributed by atoms with van der Waals surface area (Å²) >= 11 is 0. The molecule has 38 heavy (non-hydrogen) atoms. The fourth-order valence-corrected chi connectivity index (χ4v) is 3.54. The molecule has 1 aromatic carbocycles. The van der Waals surface area contributed by atoms with E-state index in [1.165, 1.54) is 26.8 Å². The van der Waals surface area contributed by atoms with Crippen molar-refractivity contribution >= 4 is 40.3 Å². The van der Waals surface area contributed by atoms with Crippen molar-refractivity contribution in [2.24, 2.45) is 5.73 Å². The van der Waals surface area contributed by atoms with Gasteiger partial charge < -0.3 is 31.4 Å². The zero-order valence-electron chi connectivity index (χ0n) is 21.0. The third kappa shape index (κ3) is 8.57. The van der Waals surface area contributed by atoms with Crippen molar-refractivity contribution in [3.05, 3.63) is 40.2 Å². The molecule has 1 heterocycles. The summed E-state index contributed by atoms with van der Waals surface area (Å²) in [5.74, 6) is -2.40. The quantitative estimate of drug-likeness (QED) is 0.211. The van der Waals surface area contributed by atoms with E-state index in [1.807, 2.05) is 0 Å². The van der Waals surface area contributed by atoms with Gasteiger partial charge in [0.05, 0.1) is 5.56 Å². The van der Waals surface area contributed by atoms with Gasteiger partial charge in [-0.1, -0.05) is 0 Å². The molecule has 0 saturated carbocycles. The molecule has 1 aromatic heterocycles. The Morgan fingerprint density at radius 3 is 2.18 bits per heavy atom. The van der Waals surface area contributed by atoms with Crippen LogP contribution in [0.3, 0.4) is 0 Å². The Balaban J connectivity index is 2.18. The Hall–Kier alpha value is -3.94. The molecule has 0 aliphatic heterocycles. The van der Waals surface area contributed by atoms with Gasteiger partial charge in [-0.05, 0) is 51.8 Å². The second kappa shape index (κ2) is 13.0. The smallest absolute Gasteiger partial charge is 0.417 e. The standard InChI is InChI=1S/C24H30F3N5O6/c1-12(29-14(3)33)21(35)30-13(2)22(36)32-18(6-4-5-9-28)23(37)31-15-7-8-16-17(24(25,26)27)11-20(34)38-19(16)10-15/h7-8,10-13,18H,4-6,9,28H2,1-3H3,(H,29,33)(H,30,35)(H,31,37)(H,32,36). The molecule has 3 unspecified atom stereocenters. The molecule has 0 aliphatic rings. The predicted molar refractivity (Wildman–Crippen MR) is 132 cm³/mol. The summed E-state index contributed by atoms with van der Waals surface area (Å²) in [4.78, 5) is 60.6. The molecule has 208 valence electrons. The number of anilines is 1. The van der Waals surface area contributed by atoms with Gasteiger partial charge in [0.15, 0.2) is 0 Å². The lowest BCUT2D eigenvalue weighted by molar-refractivity contribution is -0.136. The number of nitrogens with one attached hydrogen (secondary N) is 4. The summed E-state index contributed by atoms with van der Waals surface area (Å²) in [5.41, 5.74) is 2.79. The lowest BCUT2D eigenvalue weighted by Crippen LogP contribution is -2.54. The van der Waals surface area contributed by atoms with Gasteiger partial charge in [0.25, 0.3) is 0 Å². The van der Waals surface area contributed by atoms with Gasteiger partial charge in [0.1, 0.15) is 23.7 Å². The lowest BCUT2D eigenvalue weighted by atomic mass is 10.1. The highest BCUT2D eigenvalue weighted by atomic mass is 19.4. The topological polar surface area (TPSA) is 173 Å². The number of carbonyl (C=O) groups is 4. The van der Waals surface area contributed by atoms with Crippen LogP contribution in [-0.4, -0.2) is 48.3 Å². The van der Waals surface area contributed by atoms with Crippen LogP contribution in [0.1, 0.15) is 45.6 Å². The first kappa shape index (κ1) is 30.3. The summed E-state index contributed by atoms with van der Waals surface area (Å²) in [6.45, 7) is 4.42. The van der Waals surface area contributed by atoms with Gasteiger partial charge in [-0.2, -0.15) is 13.2 Å². The number of halogens is 3. The second-order valence-electron chi connectivity index (χ2n) is 8.68. The Labute approximate surface area is 215 Å². The van der Waals surface area contributed by atoms with E-state index >= 15 is 0 Å². The number of hydrogen-bond acceptors (Lipinski definition) is 7. The van der Waals surface area contributed by atoms with Gasteiger partial charge >= 0.3 is 11.8 Å². The van der Waals surface area contributed by atoms with Crippen LogP contribution < -0.4 is 32.6 Å². The molecule has 11 nitrogen and oxygen atoms in total. The normalized spacial score (nSPS) is 13.8. The maximum atomic E-state index is 13.3. The summed E-state index contributed by atoms with van der Waals surface area (Å²) < 4.78 is 44.7. The van der Waals surface area contributed by atoms with Crippen LogP contribution in [0, 0.1) is 0 Å². The van der Waals surface area contributed by atoms with Crippen LogP contribution in [0.25, 0.3) is 11.0 Å². The van der Waals surface area contributed by atoms with Gasteiger partial charge in [0, 0.05) is 30.1 Å². The van der Waals surface area contributed by atoms with Crippen LogP contribution in [0.15, 0.2) is 33.5 Å².